The van der Waals surface area contributed by atoms with Crippen LogP contribution in [-0.4, -0.2) is 30.0 Å². The third-order valence-electron chi connectivity index (χ3n) is 7.89. The number of aromatic nitrogens is 1. The molecule has 5 heteroatoms. The van der Waals surface area contributed by atoms with Crippen LogP contribution in [0.5, 0.6) is 0 Å². The second-order valence-electron chi connectivity index (χ2n) is 11.1. The first-order valence-corrected chi connectivity index (χ1v) is 13.6. The quantitative estimate of drug-likeness (QED) is 0.139. The van der Waals surface area contributed by atoms with Crippen molar-refractivity contribution >= 4 is 24.9 Å². The van der Waals surface area contributed by atoms with Gasteiger partial charge in [0, 0.05) is 18.6 Å². The maximum Gasteiger partial charge on any atom is 0.494 e. The van der Waals surface area contributed by atoms with Gasteiger partial charge in [0.2, 0.25) is 0 Å². The van der Waals surface area contributed by atoms with Gasteiger partial charge in [-0.3, -0.25) is 9.98 Å². The third-order valence-corrected chi connectivity index (χ3v) is 7.89. The number of aliphatic imine (C=N–C) groups is 1. The molecule has 1 aliphatic rings. The summed E-state index contributed by atoms with van der Waals surface area (Å²) in [5.74, 6) is 0. The van der Waals surface area contributed by atoms with Crippen molar-refractivity contribution in [3.63, 3.8) is 0 Å². The molecule has 4 nitrogen and oxygen atoms in total. The number of pyridine rings is 1. The van der Waals surface area contributed by atoms with E-state index in [2.05, 4.69) is 117 Å². The molecule has 0 atom stereocenters. The van der Waals surface area contributed by atoms with Crippen LogP contribution in [-0.2, 0) is 9.31 Å². The Morgan fingerprint density at radius 2 is 1.30 bits per heavy atom. The Bertz CT molecular complexity index is 1570. The van der Waals surface area contributed by atoms with Gasteiger partial charge in [-0.15, -0.1) is 0 Å². The highest BCUT2D eigenvalue weighted by atomic mass is 16.7. The Balaban J connectivity index is 1.55. The molecule has 3 aromatic carbocycles. The number of hydrogen-bond donors (Lipinski definition) is 0. The highest BCUT2D eigenvalue weighted by molar-refractivity contribution is 6.62. The van der Waals surface area contributed by atoms with Crippen molar-refractivity contribution in [2.75, 3.05) is 0 Å². The lowest BCUT2D eigenvalue weighted by Crippen LogP contribution is -2.41. The average Bonchev–Trinajstić information content (AvgIpc) is 3.20. The zero-order chi connectivity index (χ0) is 28.3. The fourth-order valence-corrected chi connectivity index (χ4v) is 4.89. The summed E-state index contributed by atoms with van der Waals surface area (Å²) in [6, 6.07) is 27.9. The molecule has 0 N–H and O–H groups in total. The molecule has 0 spiro atoms. The predicted molar refractivity (Wildman–Crippen MR) is 169 cm³/mol. The molecule has 1 aromatic heterocycles. The normalized spacial score (nSPS) is 16.4. The van der Waals surface area contributed by atoms with Gasteiger partial charge in [-0.2, -0.15) is 0 Å². The summed E-state index contributed by atoms with van der Waals surface area (Å²) in [4.78, 5) is 8.11. The van der Waals surface area contributed by atoms with E-state index in [1.165, 1.54) is 0 Å². The lowest BCUT2D eigenvalue weighted by Gasteiger charge is -2.32. The molecule has 0 bridgehead atoms. The molecule has 5 rings (SSSR count). The zero-order valence-electron chi connectivity index (χ0n) is 23.9. The van der Waals surface area contributed by atoms with E-state index in [1.807, 2.05) is 37.5 Å². The van der Waals surface area contributed by atoms with Gasteiger partial charge >= 0.3 is 7.12 Å². The van der Waals surface area contributed by atoms with Gasteiger partial charge < -0.3 is 9.31 Å². The summed E-state index contributed by atoms with van der Waals surface area (Å²) in [7, 11) is -0.398. The number of hydrogen-bond acceptors (Lipinski definition) is 4. The average molecular weight is 526 g/mol. The van der Waals surface area contributed by atoms with Crippen molar-refractivity contribution < 1.29 is 9.31 Å². The third kappa shape index (κ3) is 5.62. The molecule has 0 aliphatic carbocycles. The largest absolute Gasteiger partial charge is 0.494 e. The SMILES string of the molecule is C=N/C=C\C(=C/C)c1cc(-c2ccncc2)cc(-c2cccc(-c3cccc(B4OC(C)(C)C(C)(C)O4)c3)c2)c1. The predicted octanol–water partition coefficient (Wildman–Crippen LogP) is 8.00. The van der Waals surface area contributed by atoms with Crippen LogP contribution < -0.4 is 5.46 Å². The van der Waals surface area contributed by atoms with Crippen LogP contribution in [0.2, 0.25) is 0 Å². The van der Waals surface area contributed by atoms with Crippen molar-refractivity contribution in [2.45, 2.75) is 45.8 Å². The molecule has 0 radical (unpaired) electrons. The van der Waals surface area contributed by atoms with Crippen LogP contribution >= 0.6 is 0 Å². The van der Waals surface area contributed by atoms with Crippen molar-refractivity contribution in [2.24, 2.45) is 4.99 Å². The maximum absolute atomic E-state index is 6.32. The van der Waals surface area contributed by atoms with Gasteiger partial charge in [-0.05, 0) is 134 Å². The first kappa shape index (κ1) is 27.5. The highest BCUT2D eigenvalue weighted by Gasteiger charge is 2.51. The second-order valence-corrected chi connectivity index (χ2v) is 11.1. The van der Waals surface area contributed by atoms with E-state index in [0.717, 1.165) is 50.0 Å². The number of nitrogens with zero attached hydrogens (tertiary/aromatic N) is 2. The van der Waals surface area contributed by atoms with E-state index in [4.69, 9.17) is 9.31 Å². The van der Waals surface area contributed by atoms with Gasteiger partial charge in [0.05, 0.1) is 11.2 Å². The number of rotatable bonds is 7. The van der Waals surface area contributed by atoms with Crippen LogP contribution in [0.3, 0.4) is 0 Å². The highest BCUT2D eigenvalue weighted by Crippen LogP contribution is 2.37. The maximum atomic E-state index is 6.32. The lowest BCUT2D eigenvalue weighted by atomic mass is 9.78. The van der Waals surface area contributed by atoms with E-state index in [9.17, 15) is 0 Å². The lowest BCUT2D eigenvalue weighted by molar-refractivity contribution is 0.00578. The summed E-state index contributed by atoms with van der Waals surface area (Å²) in [5, 5.41) is 0. The Morgan fingerprint density at radius 1 is 0.750 bits per heavy atom. The van der Waals surface area contributed by atoms with E-state index in [1.54, 1.807) is 6.20 Å². The van der Waals surface area contributed by atoms with Crippen LogP contribution in [0, 0.1) is 0 Å². The Morgan fingerprint density at radius 3 is 1.93 bits per heavy atom. The molecule has 200 valence electrons. The fraction of sp³-hybridized carbons (Fsp3) is 0.200. The zero-order valence-corrected chi connectivity index (χ0v) is 23.9. The summed E-state index contributed by atoms with van der Waals surface area (Å²) in [6.45, 7) is 13.9. The smallest absolute Gasteiger partial charge is 0.399 e. The first-order valence-electron chi connectivity index (χ1n) is 13.6. The second kappa shape index (κ2) is 11.2. The molecule has 1 aliphatic heterocycles. The van der Waals surface area contributed by atoms with Crippen molar-refractivity contribution in [3.05, 3.63) is 115 Å². The molecular weight excluding hydrogens is 491 g/mol. The Kier molecular flexibility index (Phi) is 7.71. The van der Waals surface area contributed by atoms with Crippen molar-refractivity contribution in [1.29, 1.82) is 0 Å². The molecule has 2 heterocycles. The van der Waals surface area contributed by atoms with E-state index < -0.39 is 7.12 Å². The molecule has 1 saturated heterocycles. The van der Waals surface area contributed by atoms with Crippen LogP contribution in [0.25, 0.3) is 39.0 Å². The molecule has 0 unspecified atom stereocenters. The van der Waals surface area contributed by atoms with Crippen molar-refractivity contribution in [3.8, 4) is 33.4 Å². The summed E-state index contributed by atoms with van der Waals surface area (Å²) >= 11 is 0. The van der Waals surface area contributed by atoms with E-state index >= 15 is 0 Å². The van der Waals surface area contributed by atoms with Crippen molar-refractivity contribution in [1.82, 2.24) is 4.98 Å². The Hall–Kier alpha value is -4.06. The summed E-state index contributed by atoms with van der Waals surface area (Å²) < 4.78 is 12.6. The van der Waals surface area contributed by atoms with Gasteiger partial charge in [0.1, 0.15) is 0 Å². The van der Waals surface area contributed by atoms with Crippen LogP contribution in [0.1, 0.15) is 40.2 Å². The molecule has 0 amide bonds. The number of allylic oxidation sites excluding steroid dienone is 3. The van der Waals surface area contributed by atoms with Crippen LogP contribution in [0.4, 0.5) is 0 Å². The molecule has 0 saturated carbocycles. The monoisotopic (exact) mass is 526 g/mol. The Labute approximate surface area is 238 Å². The van der Waals surface area contributed by atoms with Crippen LogP contribution in [0.15, 0.2) is 115 Å². The summed E-state index contributed by atoms with van der Waals surface area (Å²) in [6.07, 6.45) is 9.46. The minimum Gasteiger partial charge on any atom is -0.399 e. The molecular formula is C35H35BN2O2. The van der Waals surface area contributed by atoms with Gasteiger partial charge in [-0.1, -0.05) is 48.5 Å². The minimum absolute atomic E-state index is 0.381. The summed E-state index contributed by atoms with van der Waals surface area (Å²) in [5.41, 5.74) is 9.21. The van der Waals surface area contributed by atoms with Gasteiger partial charge in [0.15, 0.2) is 0 Å². The topological polar surface area (TPSA) is 43.7 Å². The minimum atomic E-state index is -0.398. The molecule has 40 heavy (non-hydrogen) atoms. The number of benzene rings is 3. The molecule has 1 fully saturated rings. The van der Waals surface area contributed by atoms with E-state index in [-0.39, 0.29) is 11.2 Å². The first-order chi connectivity index (χ1) is 19.2. The van der Waals surface area contributed by atoms with E-state index in [0.29, 0.717) is 0 Å². The standard InChI is InChI=1S/C35H35BN2O2/c1-7-25(14-17-37-6)30-21-31(26-15-18-38-19-16-26)23-32(22-30)28-11-8-10-27(20-28)29-12-9-13-33(24-29)36-39-34(2,3)35(4,5)40-36/h7-24H,6H2,1-5H3/b17-14-,25-7+. The molecule has 4 aromatic rings. The fourth-order valence-electron chi connectivity index (χ4n) is 4.89. The van der Waals surface area contributed by atoms with Gasteiger partial charge in [0.25, 0.3) is 0 Å². The van der Waals surface area contributed by atoms with Gasteiger partial charge in [-0.25, -0.2) is 0 Å².